The standard InChI is InChI=1S/C20H21ClN4O2/c1-24-9-6-14(13-24)18-12-19(23-22-18)20(26)25-10-7-17(8-11-25)27-16-4-2-15(21)3-5-16/h2-6,9,12-13,17H,7-8,10-11H2,1H3,(H,22,23). The predicted octanol–water partition coefficient (Wildman–Crippen LogP) is 3.75. The van der Waals surface area contributed by atoms with E-state index < -0.39 is 0 Å². The zero-order chi connectivity index (χ0) is 18.8. The maximum absolute atomic E-state index is 12.7. The van der Waals surface area contributed by atoms with Gasteiger partial charge in [-0.25, -0.2) is 0 Å². The van der Waals surface area contributed by atoms with Gasteiger partial charge in [0, 0.05) is 56.0 Å². The third-order valence-electron chi connectivity index (χ3n) is 4.78. The molecule has 6 nitrogen and oxygen atoms in total. The summed E-state index contributed by atoms with van der Waals surface area (Å²) in [6.45, 7) is 1.33. The Morgan fingerprint density at radius 1 is 1.22 bits per heavy atom. The number of ether oxygens (including phenoxy) is 1. The highest BCUT2D eigenvalue weighted by Crippen LogP contribution is 2.23. The van der Waals surface area contributed by atoms with Crippen molar-refractivity contribution in [3.63, 3.8) is 0 Å². The van der Waals surface area contributed by atoms with Crippen molar-refractivity contribution in [1.29, 1.82) is 0 Å². The van der Waals surface area contributed by atoms with Crippen LogP contribution in [0.4, 0.5) is 0 Å². The quantitative estimate of drug-likeness (QED) is 0.745. The maximum atomic E-state index is 12.7. The Labute approximate surface area is 162 Å². The van der Waals surface area contributed by atoms with Crippen LogP contribution >= 0.6 is 11.6 Å². The zero-order valence-corrected chi connectivity index (χ0v) is 15.8. The predicted molar refractivity (Wildman–Crippen MR) is 104 cm³/mol. The van der Waals surface area contributed by atoms with Crippen molar-refractivity contribution >= 4 is 17.5 Å². The molecule has 27 heavy (non-hydrogen) atoms. The number of piperidine rings is 1. The molecule has 0 saturated carbocycles. The van der Waals surface area contributed by atoms with Crippen molar-refractivity contribution in [3.8, 4) is 17.0 Å². The Balaban J connectivity index is 1.34. The van der Waals surface area contributed by atoms with Gasteiger partial charge in [-0.3, -0.25) is 9.89 Å². The summed E-state index contributed by atoms with van der Waals surface area (Å²) in [6, 6.07) is 11.2. The summed E-state index contributed by atoms with van der Waals surface area (Å²) in [6.07, 6.45) is 5.64. The lowest BCUT2D eigenvalue weighted by Gasteiger charge is -2.31. The van der Waals surface area contributed by atoms with Crippen molar-refractivity contribution < 1.29 is 9.53 Å². The molecule has 0 bridgehead atoms. The number of hydrogen-bond donors (Lipinski definition) is 1. The average Bonchev–Trinajstić information content (AvgIpc) is 3.33. The van der Waals surface area contributed by atoms with Gasteiger partial charge >= 0.3 is 0 Å². The number of carbonyl (C=O) groups excluding carboxylic acids is 1. The number of benzene rings is 1. The van der Waals surface area contributed by atoms with Crippen LogP contribution in [0.1, 0.15) is 23.3 Å². The molecule has 0 unspecified atom stereocenters. The van der Waals surface area contributed by atoms with E-state index in [1.54, 1.807) is 0 Å². The third kappa shape index (κ3) is 4.01. The van der Waals surface area contributed by atoms with Gasteiger partial charge in [-0.2, -0.15) is 5.10 Å². The third-order valence-corrected chi connectivity index (χ3v) is 5.03. The van der Waals surface area contributed by atoms with Crippen LogP contribution in [0.5, 0.6) is 5.75 Å². The zero-order valence-electron chi connectivity index (χ0n) is 15.1. The number of H-pyrrole nitrogens is 1. The van der Waals surface area contributed by atoms with Gasteiger partial charge in [0.1, 0.15) is 17.5 Å². The van der Waals surface area contributed by atoms with Crippen LogP contribution < -0.4 is 4.74 Å². The molecule has 1 amide bonds. The molecule has 0 aliphatic carbocycles. The van der Waals surface area contributed by atoms with Crippen LogP contribution in [-0.2, 0) is 7.05 Å². The molecule has 1 aromatic carbocycles. The van der Waals surface area contributed by atoms with Crippen LogP contribution in [0.15, 0.2) is 48.8 Å². The number of likely N-dealkylation sites (tertiary alicyclic amines) is 1. The summed E-state index contributed by atoms with van der Waals surface area (Å²) in [5.74, 6) is 0.792. The first-order valence-electron chi connectivity index (χ1n) is 8.98. The molecule has 1 N–H and O–H groups in total. The molecular weight excluding hydrogens is 364 g/mol. The van der Waals surface area contributed by atoms with Crippen LogP contribution in [0.2, 0.25) is 5.02 Å². The first kappa shape index (κ1) is 17.7. The summed E-state index contributed by atoms with van der Waals surface area (Å²) in [7, 11) is 1.96. The van der Waals surface area contributed by atoms with E-state index in [-0.39, 0.29) is 12.0 Å². The summed E-state index contributed by atoms with van der Waals surface area (Å²) in [5.41, 5.74) is 2.29. The molecule has 3 heterocycles. The van der Waals surface area contributed by atoms with Gasteiger partial charge in [0.2, 0.25) is 0 Å². The average molecular weight is 385 g/mol. The summed E-state index contributed by atoms with van der Waals surface area (Å²) >= 11 is 5.90. The van der Waals surface area contributed by atoms with Crippen molar-refractivity contribution in [3.05, 3.63) is 59.5 Å². The molecule has 7 heteroatoms. The molecule has 140 valence electrons. The summed E-state index contributed by atoms with van der Waals surface area (Å²) in [5, 5.41) is 7.84. The van der Waals surface area contributed by atoms with Crippen molar-refractivity contribution in [2.45, 2.75) is 18.9 Å². The van der Waals surface area contributed by atoms with E-state index in [4.69, 9.17) is 16.3 Å². The highest BCUT2D eigenvalue weighted by molar-refractivity contribution is 6.30. The lowest BCUT2D eigenvalue weighted by Crippen LogP contribution is -2.41. The maximum Gasteiger partial charge on any atom is 0.271 e. The summed E-state index contributed by atoms with van der Waals surface area (Å²) in [4.78, 5) is 14.6. The second-order valence-corrected chi connectivity index (χ2v) is 7.23. The van der Waals surface area contributed by atoms with Gasteiger partial charge in [0.25, 0.3) is 5.91 Å². The fourth-order valence-electron chi connectivity index (χ4n) is 3.29. The number of nitrogens with zero attached hydrogens (tertiary/aromatic N) is 3. The molecule has 1 saturated heterocycles. The van der Waals surface area contributed by atoms with Gasteiger partial charge in [-0.15, -0.1) is 0 Å². The normalized spacial score (nSPS) is 15.1. The number of aromatic amines is 1. The van der Waals surface area contributed by atoms with Crippen LogP contribution in [0.25, 0.3) is 11.3 Å². The van der Waals surface area contributed by atoms with E-state index >= 15 is 0 Å². The van der Waals surface area contributed by atoms with E-state index in [0.717, 1.165) is 29.8 Å². The van der Waals surface area contributed by atoms with Gasteiger partial charge in [-0.1, -0.05) is 11.6 Å². The minimum atomic E-state index is -0.0189. The Morgan fingerprint density at radius 3 is 2.63 bits per heavy atom. The molecule has 1 fully saturated rings. The molecule has 4 rings (SSSR count). The first-order valence-corrected chi connectivity index (χ1v) is 9.35. The topological polar surface area (TPSA) is 63.1 Å². The molecular formula is C20H21ClN4O2. The van der Waals surface area contributed by atoms with Crippen molar-refractivity contribution in [1.82, 2.24) is 19.7 Å². The van der Waals surface area contributed by atoms with Gasteiger partial charge in [0.05, 0.1) is 5.69 Å². The Hall–Kier alpha value is -2.73. The highest BCUT2D eigenvalue weighted by Gasteiger charge is 2.26. The largest absolute Gasteiger partial charge is 0.490 e. The SMILES string of the molecule is Cn1ccc(-c2cc(C(=O)N3CCC(Oc4ccc(Cl)cc4)CC3)[nH]n2)c1. The van der Waals surface area contributed by atoms with Gasteiger partial charge in [0.15, 0.2) is 0 Å². The minimum absolute atomic E-state index is 0.0189. The Kier molecular flexibility index (Phi) is 4.90. The Bertz CT molecular complexity index is 924. The number of aromatic nitrogens is 3. The monoisotopic (exact) mass is 384 g/mol. The number of halogens is 1. The van der Waals surface area contributed by atoms with Crippen LogP contribution in [-0.4, -0.2) is 44.8 Å². The summed E-state index contributed by atoms with van der Waals surface area (Å²) < 4.78 is 7.94. The number of rotatable bonds is 4. The van der Waals surface area contributed by atoms with E-state index in [9.17, 15) is 4.79 Å². The molecule has 0 radical (unpaired) electrons. The fraction of sp³-hybridized carbons (Fsp3) is 0.300. The van der Waals surface area contributed by atoms with E-state index in [1.165, 1.54) is 0 Å². The molecule has 3 aromatic rings. The van der Waals surface area contributed by atoms with Crippen molar-refractivity contribution in [2.75, 3.05) is 13.1 Å². The molecule has 0 spiro atoms. The number of hydrogen-bond acceptors (Lipinski definition) is 3. The van der Waals surface area contributed by atoms with Gasteiger partial charge < -0.3 is 14.2 Å². The second kappa shape index (κ2) is 7.48. The molecule has 0 atom stereocenters. The lowest BCUT2D eigenvalue weighted by molar-refractivity contribution is 0.0590. The molecule has 1 aliphatic heterocycles. The Morgan fingerprint density at radius 2 is 1.96 bits per heavy atom. The minimum Gasteiger partial charge on any atom is -0.490 e. The number of carbonyl (C=O) groups is 1. The van der Waals surface area contributed by atoms with Crippen LogP contribution in [0, 0.1) is 0 Å². The fourth-order valence-corrected chi connectivity index (χ4v) is 3.41. The molecule has 2 aromatic heterocycles. The smallest absolute Gasteiger partial charge is 0.271 e. The first-order chi connectivity index (χ1) is 13.1. The highest BCUT2D eigenvalue weighted by atomic mass is 35.5. The van der Waals surface area contributed by atoms with Crippen molar-refractivity contribution in [2.24, 2.45) is 7.05 Å². The number of nitrogens with one attached hydrogen (secondary N) is 1. The van der Waals surface area contributed by atoms with E-state index in [0.29, 0.717) is 23.8 Å². The second-order valence-electron chi connectivity index (χ2n) is 6.80. The molecule has 1 aliphatic rings. The number of aryl methyl sites for hydroxylation is 1. The number of amides is 1. The van der Waals surface area contributed by atoms with E-state index in [2.05, 4.69) is 10.2 Å². The lowest BCUT2D eigenvalue weighted by atomic mass is 10.1. The van der Waals surface area contributed by atoms with Crippen LogP contribution in [0.3, 0.4) is 0 Å². The van der Waals surface area contributed by atoms with Gasteiger partial charge in [-0.05, 0) is 36.4 Å². The van der Waals surface area contributed by atoms with E-state index in [1.807, 2.05) is 65.3 Å².